The maximum atomic E-state index is 12.4. The van der Waals surface area contributed by atoms with Crippen molar-refractivity contribution in [2.24, 2.45) is 0 Å². The number of amides is 1. The van der Waals surface area contributed by atoms with Gasteiger partial charge in [-0.15, -0.1) is 0 Å². The molecule has 0 aliphatic carbocycles. The first-order valence-electron chi connectivity index (χ1n) is 6.70. The van der Waals surface area contributed by atoms with Crippen molar-refractivity contribution in [1.29, 1.82) is 0 Å². The van der Waals surface area contributed by atoms with Gasteiger partial charge in [-0.25, -0.2) is 4.79 Å². The van der Waals surface area contributed by atoms with Crippen LogP contribution in [0.4, 0.5) is 0 Å². The van der Waals surface area contributed by atoms with Crippen molar-refractivity contribution >= 4 is 11.9 Å². The fourth-order valence-electron chi connectivity index (χ4n) is 2.37. The fraction of sp³-hybridized carbons (Fsp3) is 0.500. The summed E-state index contributed by atoms with van der Waals surface area (Å²) in [6.45, 7) is 3.73. The highest BCUT2D eigenvalue weighted by molar-refractivity contribution is 5.97. The fourth-order valence-corrected chi connectivity index (χ4v) is 2.37. The molecule has 6 heteroatoms. The van der Waals surface area contributed by atoms with Crippen molar-refractivity contribution in [3.8, 4) is 0 Å². The van der Waals surface area contributed by atoms with Gasteiger partial charge in [-0.2, -0.15) is 0 Å². The molecule has 1 saturated heterocycles. The lowest BCUT2D eigenvalue weighted by Gasteiger charge is -2.24. The van der Waals surface area contributed by atoms with E-state index in [0.29, 0.717) is 25.3 Å². The van der Waals surface area contributed by atoms with Gasteiger partial charge in [0.25, 0.3) is 5.91 Å². The number of nitrogens with zero attached hydrogens (tertiary/aromatic N) is 2. The van der Waals surface area contributed by atoms with Crippen LogP contribution in [0.2, 0.25) is 0 Å². The summed E-state index contributed by atoms with van der Waals surface area (Å²) in [6, 6.07) is 1.43. The van der Waals surface area contributed by atoms with Crippen LogP contribution in [0.25, 0.3) is 0 Å². The number of likely N-dealkylation sites (tertiary alicyclic amines) is 1. The first-order valence-corrected chi connectivity index (χ1v) is 6.70. The number of carboxylic acid groups (broad SMARTS) is 1. The number of hydrogen-bond acceptors (Lipinski definition) is 4. The van der Waals surface area contributed by atoms with Crippen LogP contribution in [-0.2, 0) is 4.74 Å². The van der Waals surface area contributed by atoms with Gasteiger partial charge >= 0.3 is 5.97 Å². The molecule has 108 valence electrons. The number of carboxylic acids is 1. The van der Waals surface area contributed by atoms with E-state index in [1.165, 1.54) is 18.5 Å². The quantitative estimate of drug-likeness (QED) is 0.881. The predicted octanol–water partition coefficient (Wildman–Crippen LogP) is 1.42. The zero-order chi connectivity index (χ0) is 14.5. The van der Waals surface area contributed by atoms with Gasteiger partial charge in [0.1, 0.15) is 0 Å². The molecular formula is C14H18N2O4. The molecule has 0 saturated carbocycles. The summed E-state index contributed by atoms with van der Waals surface area (Å²) in [6.07, 6.45) is 4.50. The average Bonchev–Trinajstić information content (AvgIpc) is 2.92. The molecule has 1 amide bonds. The molecular weight excluding hydrogens is 260 g/mol. The van der Waals surface area contributed by atoms with Gasteiger partial charge < -0.3 is 14.7 Å². The molecule has 1 fully saturated rings. The van der Waals surface area contributed by atoms with Gasteiger partial charge in [-0.1, -0.05) is 0 Å². The summed E-state index contributed by atoms with van der Waals surface area (Å²) in [5.74, 6) is -1.26. The predicted molar refractivity (Wildman–Crippen MR) is 71.7 cm³/mol. The van der Waals surface area contributed by atoms with Crippen molar-refractivity contribution in [1.82, 2.24) is 9.88 Å². The maximum absolute atomic E-state index is 12.4. The van der Waals surface area contributed by atoms with Crippen molar-refractivity contribution in [3.63, 3.8) is 0 Å². The number of aromatic carboxylic acids is 1. The lowest BCUT2D eigenvalue weighted by atomic mass is 10.1. The Kier molecular flexibility index (Phi) is 4.68. The molecule has 1 aromatic rings. The third kappa shape index (κ3) is 3.14. The third-order valence-corrected chi connectivity index (χ3v) is 3.38. The summed E-state index contributed by atoms with van der Waals surface area (Å²) < 4.78 is 5.39. The monoisotopic (exact) mass is 278 g/mol. The number of carbonyl (C=O) groups excluding carboxylic acids is 1. The second kappa shape index (κ2) is 6.47. The van der Waals surface area contributed by atoms with E-state index in [1.54, 1.807) is 4.90 Å². The van der Waals surface area contributed by atoms with Gasteiger partial charge in [0, 0.05) is 25.5 Å². The Balaban J connectivity index is 2.13. The summed E-state index contributed by atoms with van der Waals surface area (Å²) in [5.41, 5.74) is 0.338. The molecule has 6 nitrogen and oxygen atoms in total. The van der Waals surface area contributed by atoms with Crippen LogP contribution in [0.1, 0.15) is 40.5 Å². The number of rotatable bonds is 5. The molecule has 2 rings (SSSR count). The molecule has 1 aliphatic heterocycles. The number of ether oxygens (including phenoxy) is 1. The normalized spacial score (nSPS) is 18.2. The van der Waals surface area contributed by atoms with Crippen molar-refractivity contribution < 1.29 is 19.4 Å². The third-order valence-electron chi connectivity index (χ3n) is 3.38. The Bertz CT molecular complexity index is 504. The smallest absolute Gasteiger partial charge is 0.337 e. The van der Waals surface area contributed by atoms with Crippen LogP contribution >= 0.6 is 0 Å². The molecule has 1 aliphatic rings. The molecule has 0 unspecified atom stereocenters. The second-order valence-electron chi connectivity index (χ2n) is 4.72. The largest absolute Gasteiger partial charge is 0.478 e. The van der Waals surface area contributed by atoms with E-state index in [-0.39, 0.29) is 17.5 Å². The van der Waals surface area contributed by atoms with E-state index in [4.69, 9.17) is 9.84 Å². The maximum Gasteiger partial charge on any atom is 0.337 e. The topological polar surface area (TPSA) is 79.7 Å². The Labute approximate surface area is 117 Å². The molecule has 0 radical (unpaired) electrons. The van der Waals surface area contributed by atoms with Gasteiger partial charge in [-0.05, 0) is 25.8 Å². The van der Waals surface area contributed by atoms with Crippen LogP contribution in [0, 0.1) is 0 Å². The molecule has 0 bridgehead atoms. The summed E-state index contributed by atoms with van der Waals surface area (Å²) in [5, 5.41) is 8.94. The highest BCUT2D eigenvalue weighted by Gasteiger charge is 2.29. The van der Waals surface area contributed by atoms with Crippen LogP contribution in [-0.4, -0.2) is 52.7 Å². The Morgan fingerprint density at radius 1 is 1.45 bits per heavy atom. The lowest BCUT2D eigenvalue weighted by molar-refractivity contribution is 0.0564. The van der Waals surface area contributed by atoms with E-state index in [2.05, 4.69) is 4.98 Å². The number of pyridine rings is 1. The molecule has 0 spiro atoms. The van der Waals surface area contributed by atoms with E-state index < -0.39 is 5.97 Å². The first-order chi connectivity index (χ1) is 9.63. The van der Waals surface area contributed by atoms with Gasteiger partial charge in [0.15, 0.2) is 0 Å². The zero-order valence-corrected chi connectivity index (χ0v) is 11.4. The molecule has 1 aromatic heterocycles. The van der Waals surface area contributed by atoms with Crippen LogP contribution < -0.4 is 0 Å². The summed E-state index contributed by atoms with van der Waals surface area (Å²) >= 11 is 0. The van der Waals surface area contributed by atoms with Crippen LogP contribution in [0.5, 0.6) is 0 Å². The molecule has 2 heterocycles. The van der Waals surface area contributed by atoms with Crippen LogP contribution in [0.15, 0.2) is 18.5 Å². The van der Waals surface area contributed by atoms with Crippen LogP contribution in [0.3, 0.4) is 0 Å². The Morgan fingerprint density at radius 2 is 2.20 bits per heavy atom. The summed E-state index contributed by atoms with van der Waals surface area (Å²) in [4.78, 5) is 28.9. The molecule has 1 atom stereocenters. The standard InChI is InChI=1S/C14H18N2O4/c1-2-20-9-12-4-3-5-16(12)13(17)10-6-11(14(18)19)8-15-7-10/h6-8,12H,2-5,9H2,1H3,(H,18,19)/t12-/m1/s1. The Morgan fingerprint density at radius 3 is 2.90 bits per heavy atom. The second-order valence-corrected chi connectivity index (χ2v) is 4.72. The number of carbonyl (C=O) groups is 2. The van der Waals surface area contributed by atoms with Gasteiger partial charge in [0.2, 0.25) is 0 Å². The Hall–Kier alpha value is -1.95. The van der Waals surface area contributed by atoms with E-state index in [0.717, 1.165) is 12.8 Å². The molecule has 20 heavy (non-hydrogen) atoms. The number of hydrogen-bond donors (Lipinski definition) is 1. The molecule has 1 N–H and O–H groups in total. The SMILES string of the molecule is CCOC[C@H]1CCCN1C(=O)c1cncc(C(=O)O)c1. The van der Waals surface area contributed by atoms with Gasteiger partial charge in [0.05, 0.1) is 23.8 Å². The zero-order valence-electron chi connectivity index (χ0n) is 11.4. The van der Waals surface area contributed by atoms with Crippen molar-refractivity contribution in [2.75, 3.05) is 19.8 Å². The highest BCUT2D eigenvalue weighted by atomic mass is 16.5. The first kappa shape index (κ1) is 14.5. The van der Waals surface area contributed by atoms with E-state index in [1.807, 2.05) is 6.92 Å². The molecule has 0 aromatic carbocycles. The number of aromatic nitrogens is 1. The average molecular weight is 278 g/mol. The van der Waals surface area contributed by atoms with E-state index >= 15 is 0 Å². The minimum Gasteiger partial charge on any atom is -0.478 e. The summed E-state index contributed by atoms with van der Waals surface area (Å²) in [7, 11) is 0. The van der Waals surface area contributed by atoms with Gasteiger partial charge in [-0.3, -0.25) is 9.78 Å². The van der Waals surface area contributed by atoms with E-state index in [9.17, 15) is 9.59 Å². The minimum atomic E-state index is -1.08. The minimum absolute atomic E-state index is 0.0244. The highest BCUT2D eigenvalue weighted by Crippen LogP contribution is 2.20. The van der Waals surface area contributed by atoms with Crippen molar-refractivity contribution in [2.45, 2.75) is 25.8 Å². The van der Waals surface area contributed by atoms with Crippen molar-refractivity contribution in [3.05, 3.63) is 29.6 Å². The lowest BCUT2D eigenvalue weighted by Crippen LogP contribution is -2.38.